The van der Waals surface area contributed by atoms with E-state index in [9.17, 15) is 13.6 Å². The number of nitrogens with two attached hydrogens (primary N) is 1. The van der Waals surface area contributed by atoms with Crippen LogP contribution in [0.15, 0.2) is 54.7 Å². The fourth-order valence-electron chi connectivity index (χ4n) is 4.19. The number of rotatable bonds is 7. The number of nitrogens with one attached hydrogen (secondary N) is 3. The van der Waals surface area contributed by atoms with Crippen molar-refractivity contribution in [1.29, 1.82) is 0 Å². The van der Waals surface area contributed by atoms with Gasteiger partial charge in [-0.1, -0.05) is 6.07 Å². The second kappa shape index (κ2) is 10.0. The number of nitrogens with zero attached hydrogens (tertiary/aromatic N) is 2. The van der Waals surface area contributed by atoms with Gasteiger partial charge in [0, 0.05) is 60.9 Å². The van der Waals surface area contributed by atoms with Crippen molar-refractivity contribution in [1.82, 2.24) is 10.3 Å². The lowest BCUT2D eigenvalue weighted by Gasteiger charge is -2.37. The maximum absolute atomic E-state index is 14.0. The molecule has 0 bridgehead atoms. The van der Waals surface area contributed by atoms with Crippen LogP contribution in [0.4, 0.5) is 31.7 Å². The topological polar surface area (TPSA) is 95.3 Å². The number of primary amides is 1. The molecule has 1 aliphatic heterocycles. The van der Waals surface area contributed by atoms with E-state index in [0.717, 1.165) is 24.5 Å². The smallest absolute Gasteiger partial charge is 0.252 e. The number of halogens is 2. The summed E-state index contributed by atoms with van der Waals surface area (Å²) < 4.78 is 28.0. The fraction of sp³-hybridized carbons (Fsp3) is 0.280. The van der Waals surface area contributed by atoms with Gasteiger partial charge < -0.3 is 26.6 Å². The maximum Gasteiger partial charge on any atom is 0.252 e. The van der Waals surface area contributed by atoms with Gasteiger partial charge in [-0.3, -0.25) is 4.79 Å². The molecule has 178 valence electrons. The Labute approximate surface area is 197 Å². The molecule has 4 rings (SSSR count). The Kier molecular flexibility index (Phi) is 6.93. The van der Waals surface area contributed by atoms with Crippen LogP contribution >= 0.6 is 0 Å². The zero-order valence-electron chi connectivity index (χ0n) is 19.1. The second-order valence-electron chi connectivity index (χ2n) is 8.58. The summed E-state index contributed by atoms with van der Waals surface area (Å²) in [5.74, 6) is -1.58. The van der Waals surface area contributed by atoms with Crippen LogP contribution in [0.3, 0.4) is 0 Å². The SMILES string of the molecule is C[C@@H]1CN(c2ccc(Nc3cc(NCc4c(F)cccc4F)c(C(N)=O)cn3)cc2)C[C@H](C)N1. The van der Waals surface area contributed by atoms with E-state index in [-0.39, 0.29) is 17.7 Å². The molecule has 1 aromatic heterocycles. The van der Waals surface area contributed by atoms with Crippen LogP contribution in [0.2, 0.25) is 0 Å². The Morgan fingerprint density at radius 1 is 1.12 bits per heavy atom. The molecule has 0 unspecified atom stereocenters. The highest BCUT2D eigenvalue weighted by atomic mass is 19.1. The molecule has 1 amide bonds. The summed E-state index contributed by atoms with van der Waals surface area (Å²) in [6, 6.07) is 14.1. The molecule has 34 heavy (non-hydrogen) atoms. The number of carbonyl (C=O) groups is 1. The first kappa shape index (κ1) is 23.4. The van der Waals surface area contributed by atoms with E-state index in [1.807, 2.05) is 24.3 Å². The molecule has 7 nitrogen and oxygen atoms in total. The third-order valence-corrected chi connectivity index (χ3v) is 5.75. The number of piperazine rings is 1. The first-order chi connectivity index (χ1) is 16.3. The number of hydrogen-bond donors (Lipinski definition) is 4. The summed E-state index contributed by atoms with van der Waals surface area (Å²) in [4.78, 5) is 18.4. The molecule has 0 aliphatic carbocycles. The molecule has 0 saturated carbocycles. The van der Waals surface area contributed by atoms with Crippen molar-refractivity contribution in [3.63, 3.8) is 0 Å². The van der Waals surface area contributed by atoms with Crippen LogP contribution in [-0.2, 0) is 6.54 Å². The van der Waals surface area contributed by atoms with Crippen molar-refractivity contribution < 1.29 is 13.6 Å². The van der Waals surface area contributed by atoms with Gasteiger partial charge in [0.25, 0.3) is 5.91 Å². The van der Waals surface area contributed by atoms with Crippen LogP contribution < -0.4 is 26.6 Å². The number of aromatic nitrogens is 1. The number of amides is 1. The van der Waals surface area contributed by atoms with Crippen molar-refractivity contribution in [2.45, 2.75) is 32.5 Å². The molecule has 9 heteroatoms. The van der Waals surface area contributed by atoms with Crippen LogP contribution in [0, 0.1) is 11.6 Å². The molecule has 1 fully saturated rings. The molecule has 1 saturated heterocycles. The highest BCUT2D eigenvalue weighted by Gasteiger charge is 2.21. The zero-order chi connectivity index (χ0) is 24.2. The molecule has 0 spiro atoms. The zero-order valence-corrected chi connectivity index (χ0v) is 19.1. The fourth-order valence-corrected chi connectivity index (χ4v) is 4.19. The van der Waals surface area contributed by atoms with Crippen molar-refractivity contribution >= 4 is 28.8 Å². The third-order valence-electron chi connectivity index (χ3n) is 5.75. The van der Waals surface area contributed by atoms with Gasteiger partial charge in [-0.05, 0) is 50.2 Å². The van der Waals surface area contributed by atoms with Crippen LogP contribution in [0.5, 0.6) is 0 Å². The minimum atomic E-state index is -0.695. The molecule has 2 aromatic carbocycles. The minimum Gasteiger partial charge on any atom is -0.380 e. The van der Waals surface area contributed by atoms with E-state index in [0.29, 0.717) is 23.6 Å². The van der Waals surface area contributed by atoms with Gasteiger partial charge in [0.1, 0.15) is 17.5 Å². The van der Waals surface area contributed by atoms with Gasteiger partial charge in [0.2, 0.25) is 0 Å². The number of hydrogen-bond acceptors (Lipinski definition) is 6. The summed E-state index contributed by atoms with van der Waals surface area (Å²) in [6.07, 6.45) is 1.34. The van der Waals surface area contributed by atoms with Crippen LogP contribution in [0.1, 0.15) is 29.8 Å². The summed E-state index contributed by atoms with van der Waals surface area (Å²) >= 11 is 0. The number of carbonyl (C=O) groups excluding carboxylic acids is 1. The maximum atomic E-state index is 14.0. The molecule has 3 aromatic rings. The van der Waals surface area contributed by atoms with Gasteiger partial charge in [-0.2, -0.15) is 0 Å². The predicted octanol–water partition coefficient (Wildman–Crippen LogP) is 4.00. The van der Waals surface area contributed by atoms with Crippen LogP contribution in [0.25, 0.3) is 0 Å². The Hall–Kier alpha value is -3.72. The van der Waals surface area contributed by atoms with E-state index in [4.69, 9.17) is 5.73 Å². The van der Waals surface area contributed by atoms with Gasteiger partial charge in [-0.25, -0.2) is 13.8 Å². The lowest BCUT2D eigenvalue weighted by atomic mass is 10.1. The largest absolute Gasteiger partial charge is 0.380 e. The Balaban J connectivity index is 1.49. The molecule has 1 aliphatic rings. The quantitative estimate of drug-likeness (QED) is 0.421. The lowest BCUT2D eigenvalue weighted by molar-refractivity contribution is 0.100. The van der Waals surface area contributed by atoms with E-state index < -0.39 is 17.5 Å². The lowest BCUT2D eigenvalue weighted by Crippen LogP contribution is -2.54. The highest BCUT2D eigenvalue weighted by molar-refractivity contribution is 5.98. The predicted molar refractivity (Wildman–Crippen MR) is 130 cm³/mol. The normalized spacial score (nSPS) is 17.9. The second-order valence-corrected chi connectivity index (χ2v) is 8.58. The third kappa shape index (κ3) is 5.43. The first-order valence-electron chi connectivity index (χ1n) is 11.1. The summed E-state index contributed by atoms with van der Waals surface area (Å²) in [5, 5.41) is 9.63. The highest BCUT2D eigenvalue weighted by Crippen LogP contribution is 2.25. The molecule has 5 N–H and O–H groups in total. The number of anilines is 4. The van der Waals surface area contributed by atoms with E-state index in [2.05, 4.69) is 39.7 Å². The van der Waals surface area contributed by atoms with Gasteiger partial charge in [0.15, 0.2) is 0 Å². The average molecular weight is 467 g/mol. The van der Waals surface area contributed by atoms with Crippen LogP contribution in [-0.4, -0.2) is 36.1 Å². The van der Waals surface area contributed by atoms with Crippen molar-refractivity contribution in [2.24, 2.45) is 5.73 Å². The Morgan fingerprint density at radius 2 is 1.76 bits per heavy atom. The van der Waals surface area contributed by atoms with Gasteiger partial charge in [0.05, 0.1) is 11.3 Å². The molecule has 2 heterocycles. The van der Waals surface area contributed by atoms with Gasteiger partial charge >= 0.3 is 0 Å². The first-order valence-corrected chi connectivity index (χ1v) is 11.1. The average Bonchev–Trinajstić information content (AvgIpc) is 2.78. The molecular weight excluding hydrogens is 438 g/mol. The molecule has 0 radical (unpaired) electrons. The van der Waals surface area contributed by atoms with E-state index in [1.165, 1.54) is 24.4 Å². The Morgan fingerprint density at radius 3 is 2.38 bits per heavy atom. The van der Waals surface area contributed by atoms with Gasteiger partial charge in [-0.15, -0.1) is 0 Å². The Bertz CT molecular complexity index is 1140. The summed E-state index contributed by atoms with van der Waals surface area (Å²) in [7, 11) is 0. The molecular formula is C25H28F2N6O. The van der Waals surface area contributed by atoms with E-state index in [1.54, 1.807) is 6.07 Å². The molecule has 2 atom stereocenters. The van der Waals surface area contributed by atoms with E-state index >= 15 is 0 Å². The standard InChI is InChI=1S/C25H28F2N6O/c1-15-13-33(14-16(2)31-15)18-8-6-17(7-9-18)32-24-10-23(20(12-30-24)25(28)34)29-11-19-21(26)4-3-5-22(19)27/h3-10,12,15-16,31H,11,13-14H2,1-2H3,(H2,28,34)(H2,29,30,32)/t15-,16+. The number of benzene rings is 2. The minimum absolute atomic E-state index is 0.125. The summed E-state index contributed by atoms with van der Waals surface area (Å²) in [5.41, 5.74) is 7.73. The monoisotopic (exact) mass is 466 g/mol. The number of pyridine rings is 1. The van der Waals surface area contributed by atoms with Crippen molar-refractivity contribution in [2.75, 3.05) is 28.6 Å². The van der Waals surface area contributed by atoms with Crippen molar-refractivity contribution in [3.05, 3.63) is 77.5 Å². The van der Waals surface area contributed by atoms with Crippen molar-refractivity contribution in [3.8, 4) is 0 Å². The summed E-state index contributed by atoms with van der Waals surface area (Å²) in [6.45, 7) is 6.06.